The van der Waals surface area contributed by atoms with Crippen LogP contribution >= 0.6 is 15.9 Å². The molecule has 1 aromatic rings. The summed E-state index contributed by atoms with van der Waals surface area (Å²) in [5.41, 5.74) is 5.68. The van der Waals surface area contributed by atoms with E-state index in [4.69, 9.17) is 10.5 Å². The van der Waals surface area contributed by atoms with Crippen LogP contribution in [0.2, 0.25) is 0 Å². The van der Waals surface area contributed by atoms with Crippen LogP contribution in [0, 0.1) is 5.82 Å². The molecule has 16 heavy (non-hydrogen) atoms. The van der Waals surface area contributed by atoms with E-state index < -0.39 is 5.82 Å². The topological polar surface area (TPSA) is 55.5 Å². The summed E-state index contributed by atoms with van der Waals surface area (Å²) in [7, 11) is 1.43. The van der Waals surface area contributed by atoms with Crippen LogP contribution < -0.4 is 10.5 Å². The Bertz CT molecular complexity index is 385. The monoisotopic (exact) mass is 291 g/mol. The molecule has 0 aliphatic carbocycles. The Morgan fingerprint density at radius 3 is 2.75 bits per heavy atom. The molecule has 3 nitrogen and oxygen atoms in total. The summed E-state index contributed by atoms with van der Waals surface area (Å²) >= 11 is 3.13. The lowest BCUT2D eigenvalue weighted by Gasteiger charge is -2.16. The third kappa shape index (κ3) is 2.47. The van der Waals surface area contributed by atoms with Gasteiger partial charge in [-0.3, -0.25) is 0 Å². The van der Waals surface area contributed by atoms with Crippen LogP contribution in [0.1, 0.15) is 24.8 Å². The molecule has 0 heterocycles. The van der Waals surface area contributed by atoms with Crippen LogP contribution in [0.4, 0.5) is 4.39 Å². The lowest BCUT2D eigenvalue weighted by molar-refractivity contribution is 0.361. The normalized spacial score (nSPS) is 12.6. The van der Waals surface area contributed by atoms with Gasteiger partial charge in [0.25, 0.3) is 0 Å². The number of hydrogen-bond acceptors (Lipinski definition) is 3. The number of aromatic hydroxyl groups is 1. The average molecular weight is 292 g/mol. The second-order valence-corrected chi connectivity index (χ2v) is 4.47. The van der Waals surface area contributed by atoms with Crippen LogP contribution in [0.25, 0.3) is 0 Å². The maximum Gasteiger partial charge on any atom is 0.175 e. The highest BCUT2D eigenvalue weighted by Crippen LogP contribution is 2.42. The molecule has 5 heteroatoms. The molecule has 0 bridgehead atoms. The van der Waals surface area contributed by atoms with E-state index in [0.717, 1.165) is 0 Å². The Morgan fingerprint density at radius 2 is 2.25 bits per heavy atom. The molecule has 0 spiro atoms. The minimum atomic E-state index is -0.453. The maximum absolute atomic E-state index is 13.7. The van der Waals surface area contributed by atoms with Gasteiger partial charge in [0, 0.05) is 5.56 Å². The van der Waals surface area contributed by atoms with Crippen molar-refractivity contribution < 1.29 is 14.2 Å². The van der Waals surface area contributed by atoms with Crippen molar-refractivity contribution in [2.24, 2.45) is 5.73 Å². The Balaban J connectivity index is 3.27. The number of ether oxygens (including phenoxy) is 1. The maximum atomic E-state index is 13.7. The zero-order chi connectivity index (χ0) is 12.3. The number of nitrogens with two attached hydrogens (primary N) is 1. The van der Waals surface area contributed by atoms with Crippen molar-refractivity contribution in [3.8, 4) is 11.5 Å². The highest BCUT2D eigenvalue weighted by molar-refractivity contribution is 9.10. The highest BCUT2D eigenvalue weighted by atomic mass is 79.9. The molecule has 1 unspecified atom stereocenters. The molecule has 0 radical (unpaired) electrons. The van der Waals surface area contributed by atoms with E-state index in [9.17, 15) is 9.50 Å². The predicted octanol–water partition coefficient (Wildman–Crippen LogP) is 2.75. The van der Waals surface area contributed by atoms with Crippen LogP contribution in [0.5, 0.6) is 11.5 Å². The molecule has 0 saturated heterocycles. The summed E-state index contributed by atoms with van der Waals surface area (Å²) in [5.74, 6) is -0.506. The van der Waals surface area contributed by atoms with Crippen molar-refractivity contribution in [1.29, 1.82) is 0 Å². The third-order valence-electron chi connectivity index (χ3n) is 2.49. The molecule has 1 aromatic carbocycles. The summed E-state index contributed by atoms with van der Waals surface area (Å²) in [6, 6.07) is 1.29. The van der Waals surface area contributed by atoms with Crippen molar-refractivity contribution in [3.05, 3.63) is 21.9 Å². The fraction of sp³-hybridized carbons (Fsp3) is 0.455. The van der Waals surface area contributed by atoms with Crippen molar-refractivity contribution in [2.45, 2.75) is 19.3 Å². The fourth-order valence-corrected chi connectivity index (χ4v) is 2.21. The first-order chi connectivity index (χ1) is 7.52. The molecular formula is C11H15BrFNO2. The number of benzene rings is 1. The van der Waals surface area contributed by atoms with Gasteiger partial charge in [-0.05, 0) is 40.9 Å². The van der Waals surface area contributed by atoms with Crippen molar-refractivity contribution >= 4 is 15.9 Å². The van der Waals surface area contributed by atoms with E-state index in [1.165, 1.54) is 13.2 Å². The number of rotatable bonds is 4. The first-order valence-corrected chi connectivity index (χ1v) is 5.77. The Hall–Kier alpha value is -0.810. The largest absolute Gasteiger partial charge is 0.504 e. The molecule has 90 valence electrons. The van der Waals surface area contributed by atoms with Gasteiger partial charge in [0.05, 0.1) is 11.6 Å². The second-order valence-electron chi connectivity index (χ2n) is 3.61. The van der Waals surface area contributed by atoms with Crippen LogP contribution in [-0.4, -0.2) is 18.8 Å². The van der Waals surface area contributed by atoms with Gasteiger partial charge < -0.3 is 15.6 Å². The summed E-state index contributed by atoms with van der Waals surface area (Å²) in [6.07, 6.45) is 0.606. The molecule has 0 saturated carbocycles. The number of hydrogen-bond donors (Lipinski definition) is 2. The van der Waals surface area contributed by atoms with Crippen LogP contribution in [0.15, 0.2) is 10.5 Å². The molecular weight excluding hydrogens is 277 g/mol. The first-order valence-electron chi connectivity index (χ1n) is 4.97. The summed E-state index contributed by atoms with van der Waals surface area (Å²) < 4.78 is 19.1. The third-order valence-corrected chi connectivity index (χ3v) is 3.08. The van der Waals surface area contributed by atoms with E-state index in [0.29, 0.717) is 17.4 Å². The van der Waals surface area contributed by atoms with Gasteiger partial charge in [0.2, 0.25) is 0 Å². The van der Waals surface area contributed by atoms with E-state index in [1.807, 2.05) is 6.92 Å². The number of halogens is 2. The first kappa shape index (κ1) is 13.3. The number of phenolic OH excluding ortho intramolecular Hbond substituents is 1. The second kappa shape index (κ2) is 5.50. The molecule has 1 atom stereocenters. The SMILES string of the molecule is COc1c(Br)cc(F)c(C(C)CCN)c1O. The smallest absolute Gasteiger partial charge is 0.175 e. The predicted molar refractivity (Wildman–Crippen MR) is 64.4 cm³/mol. The molecule has 1 rings (SSSR count). The van der Waals surface area contributed by atoms with Crippen molar-refractivity contribution in [2.75, 3.05) is 13.7 Å². The Labute approximate surface area is 103 Å². The van der Waals surface area contributed by atoms with Gasteiger partial charge in [-0.2, -0.15) is 0 Å². The van der Waals surface area contributed by atoms with E-state index in [2.05, 4.69) is 15.9 Å². The van der Waals surface area contributed by atoms with E-state index in [1.54, 1.807) is 0 Å². The van der Waals surface area contributed by atoms with Gasteiger partial charge in [-0.15, -0.1) is 0 Å². The van der Waals surface area contributed by atoms with Gasteiger partial charge in [-0.1, -0.05) is 6.92 Å². The van der Waals surface area contributed by atoms with E-state index >= 15 is 0 Å². The lowest BCUT2D eigenvalue weighted by atomic mass is 9.96. The van der Waals surface area contributed by atoms with Crippen LogP contribution in [-0.2, 0) is 0 Å². The standard InChI is InChI=1S/C11H15BrFNO2/c1-6(3-4-14)9-8(13)5-7(12)11(16-2)10(9)15/h5-6,15H,3-4,14H2,1-2H3. The minimum Gasteiger partial charge on any atom is -0.504 e. The van der Waals surface area contributed by atoms with E-state index in [-0.39, 0.29) is 23.0 Å². The summed E-state index contributed by atoms with van der Waals surface area (Å²) in [5, 5.41) is 9.91. The Kier molecular flexibility index (Phi) is 4.56. The number of phenols is 1. The van der Waals surface area contributed by atoms with Gasteiger partial charge >= 0.3 is 0 Å². The van der Waals surface area contributed by atoms with Crippen LogP contribution in [0.3, 0.4) is 0 Å². The van der Waals surface area contributed by atoms with Crippen molar-refractivity contribution in [3.63, 3.8) is 0 Å². The van der Waals surface area contributed by atoms with Gasteiger partial charge in [-0.25, -0.2) is 4.39 Å². The molecule has 3 N–H and O–H groups in total. The quantitative estimate of drug-likeness (QED) is 0.897. The van der Waals surface area contributed by atoms with Crippen molar-refractivity contribution in [1.82, 2.24) is 0 Å². The fourth-order valence-electron chi connectivity index (χ4n) is 1.66. The minimum absolute atomic E-state index is 0.146. The molecule has 0 amide bonds. The molecule has 0 fully saturated rings. The lowest BCUT2D eigenvalue weighted by Crippen LogP contribution is -2.07. The average Bonchev–Trinajstić information content (AvgIpc) is 2.17. The van der Waals surface area contributed by atoms with Gasteiger partial charge in [0.15, 0.2) is 11.5 Å². The Morgan fingerprint density at radius 1 is 1.62 bits per heavy atom. The summed E-state index contributed by atoms with van der Waals surface area (Å²) in [6.45, 7) is 2.26. The highest BCUT2D eigenvalue weighted by Gasteiger charge is 2.21. The zero-order valence-corrected chi connectivity index (χ0v) is 10.8. The summed E-state index contributed by atoms with van der Waals surface area (Å²) in [4.78, 5) is 0. The number of methoxy groups -OCH3 is 1. The van der Waals surface area contributed by atoms with Gasteiger partial charge in [0.1, 0.15) is 5.82 Å². The molecule has 0 aliphatic rings. The molecule has 0 aliphatic heterocycles. The zero-order valence-electron chi connectivity index (χ0n) is 9.26. The molecule has 0 aromatic heterocycles.